The summed E-state index contributed by atoms with van der Waals surface area (Å²) in [6.07, 6.45) is 5.29. The highest BCUT2D eigenvalue weighted by Crippen LogP contribution is 2.41. The molecular formula is C17H26N6O. The maximum Gasteiger partial charge on any atom is 0.220 e. The van der Waals surface area contributed by atoms with Crippen LogP contribution in [-0.2, 0) is 4.74 Å². The number of methoxy groups -OCH3 is 1. The van der Waals surface area contributed by atoms with Crippen LogP contribution in [0, 0.1) is 0 Å². The Labute approximate surface area is 142 Å². The van der Waals surface area contributed by atoms with Crippen LogP contribution >= 0.6 is 0 Å². The fourth-order valence-corrected chi connectivity index (χ4v) is 3.58. The van der Waals surface area contributed by atoms with Gasteiger partial charge in [0.1, 0.15) is 5.66 Å². The average molecular weight is 330 g/mol. The van der Waals surface area contributed by atoms with E-state index >= 15 is 0 Å². The van der Waals surface area contributed by atoms with E-state index in [0.29, 0.717) is 12.6 Å². The molecule has 1 fully saturated rings. The van der Waals surface area contributed by atoms with Gasteiger partial charge in [0, 0.05) is 13.7 Å². The Morgan fingerprint density at radius 2 is 1.96 bits per heavy atom. The summed E-state index contributed by atoms with van der Waals surface area (Å²) < 4.78 is 5.13. The summed E-state index contributed by atoms with van der Waals surface area (Å²) in [7, 11) is 1.69. The highest BCUT2D eigenvalue weighted by molar-refractivity contribution is 6.07. The Hall–Kier alpha value is -2.28. The zero-order valence-electron chi connectivity index (χ0n) is 14.2. The van der Waals surface area contributed by atoms with E-state index in [1.807, 2.05) is 24.3 Å². The Kier molecular flexibility index (Phi) is 4.89. The standard InChI is InChI=1S/C17H26N6O/c1-24-12-11-20-13-7-3-4-8-14(13)23-16(19)21-15(18)22-17(23)9-5-2-6-10-17/h3-4,7-8,20H,2,5-6,9-12H2,1H3,(H4,18,19,21,22). The summed E-state index contributed by atoms with van der Waals surface area (Å²) >= 11 is 0. The van der Waals surface area contributed by atoms with Gasteiger partial charge in [0.05, 0.1) is 18.0 Å². The third-order valence-corrected chi connectivity index (χ3v) is 4.62. The fourth-order valence-electron chi connectivity index (χ4n) is 3.58. The predicted octanol–water partition coefficient (Wildman–Crippen LogP) is 1.85. The second kappa shape index (κ2) is 7.09. The lowest BCUT2D eigenvalue weighted by atomic mass is 9.87. The van der Waals surface area contributed by atoms with Crippen molar-refractivity contribution in [2.24, 2.45) is 21.5 Å². The molecule has 1 aliphatic heterocycles. The molecule has 0 radical (unpaired) electrons. The topological polar surface area (TPSA) is 101 Å². The van der Waals surface area contributed by atoms with Gasteiger partial charge in [-0.1, -0.05) is 18.6 Å². The smallest absolute Gasteiger partial charge is 0.220 e. The molecule has 0 unspecified atom stereocenters. The van der Waals surface area contributed by atoms with Gasteiger partial charge >= 0.3 is 0 Å². The van der Waals surface area contributed by atoms with Gasteiger partial charge in [-0.25, -0.2) is 4.99 Å². The van der Waals surface area contributed by atoms with Crippen LogP contribution in [0.2, 0.25) is 0 Å². The van der Waals surface area contributed by atoms with Gasteiger partial charge in [-0.3, -0.25) is 4.90 Å². The molecule has 1 saturated carbocycles. The molecule has 1 aliphatic carbocycles. The minimum atomic E-state index is -0.423. The third-order valence-electron chi connectivity index (χ3n) is 4.62. The van der Waals surface area contributed by atoms with Gasteiger partial charge in [-0.15, -0.1) is 0 Å². The summed E-state index contributed by atoms with van der Waals surface area (Å²) in [5.74, 6) is 0.681. The molecule has 1 heterocycles. The van der Waals surface area contributed by atoms with E-state index in [0.717, 1.165) is 43.6 Å². The van der Waals surface area contributed by atoms with Gasteiger partial charge in [0.15, 0.2) is 0 Å². The van der Waals surface area contributed by atoms with Crippen LogP contribution in [0.5, 0.6) is 0 Å². The molecule has 7 nitrogen and oxygen atoms in total. The number of guanidine groups is 2. The number of nitrogens with one attached hydrogen (secondary N) is 1. The summed E-state index contributed by atoms with van der Waals surface area (Å²) in [5.41, 5.74) is 13.8. The quantitative estimate of drug-likeness (QED) is 0.715. The Bertz CT molecular complexity index is 636. The molecular weight excluding hydrogens is 304 g/mol. The highest BCUT2D eigenvalue weighted by atomic mass is 16.5. The Balaban J connectivity index is 1.98. The van der Waals surface area contributed by atoms with Gasteiger partial charge in [0.25, 0.3) is 0 Å². The third kappa shape index (κ3) is 3.17. The first kappa shape index (κ1) is 16.6. The van der Waals surface area contributed by atoms with Crippen LogP contribution in [0.1, 0.15) is 32.1 Å². The zero-order valence-corrected chi connectivity index (χ0v) is 14.2. The minimum absolute atomic E-state index is 0.274. The first-order valence-corrected chi connectivity index (χ1v) is 8.48. The second-order valence-electron chi connectivity index (χ2n) is 6.26. The summed E-state index contributed by atoms with van der Waals surface area (Å²) in [6, 6.07) is 8.09. The molecule has 7 heteroatoms. The molecule has 0 aromatic heterocycles. The summed E-state index contributed by atoms with van der Waals surface area (Å²) in [6.45, 7) is 1.35. The fraction of sp³-hybridized carbons (Fsp3) is 0.529. The monoisotopic (exact) mass is 330 g/mol. The largest absolute Gasteiger partial charge is 0.383 e. The number of rotatable bonds is 5. The predicted molar refractivity (Wildman–Crippen MR) is 98.3 cm³/mol. The first-order valence-electron chi connectivity index (χ1n) is 8.48. The van der Waals surface area contributed by atoms with Crippen molar-refractivity contribution < 1.29 is 4.74 Å². The number of nitrogens with two attached hydrogens (primary N) is 2. The van der Waals surface area contributed by atoms with Crippen LogP contribution in [0.25, 0.3) is 0 Å². The van der Waals surface area contributed by atoms with Crippen LogP contribution in [0.3, 0.4) is 0 Å². The molecule has 1 aromatic carbocycles. The van der Waals surface area contributed by atoms with Crippen LogP contribution in [0.15, 0.2) is 34.3 Å². The molecule has 24 heavy (non-hydrogen) atoms. The molecule has 5 N–H and O–H groups in total. The number of ether oxygens (including phenoxy) is 1. The second-order valence-corrected chi connectivity index (χ2v) is 6.26. The van der Waals surface area contributed by atoms with Crippen molar-refractivity contribution in [2.75, 3.05) is 30.5 Å². The number of benzene rings is 1. The van der Waals surface area contributed by atoms with Crippen molar-refractivity contribution in [2.45, 2.75) is 37.8 Å². The maximum atomic E-state index is 6.29. The van der Waals surface area contributed by atoms with E-state index in [-0.39, 0.29) is 5.96 Å². The lowest BCUT2D eigenvalue weighted by Crippen LogP contribution is -2.58. The average Bonchev–Trinajstić information content (AvgIpc) is 2.56. The Morgan fingerprint density at radius 3 is 2.71 bits per heavy atom. The van der Waals surface area contributed by atoms with E-state index < -0.39 is 5.66 Å². The SMILES string of the molecule is COCCNc1ccccc1N1C(N)=NC(N)=NC12CCCCC2. The van der Waals surface area contributed by atoms with Gasteiger partial charge in [-0.2, -0.15) is 4.99 Å². The Morgan fingerprint density at radius 1 is 1.21 bits per heavy atom. The molecule has 0 atom stereocenters. The summed E-state index contributed by atoms with van der Waals surface area (Å²) in [5, 5.41) is 3.41. The van der Waals surface area contributed by atoms with Crippen molar-refractivity contribution >= 4 is 23.3 Å². The number of aliphatic imine (C=N–C) groups is 2. The highest BCUT2D eigenvalue weighted by Gasteiger charge is 2.43. The molecule has 3 rings (SSSR count). The van der Waals surface area contributed by atoms with Crippen molar-refractivity contribution in [3.05, 3.63) is 24.3 Å². The van der Waals surface area contributed by atoms with Gasteiger partial charge in [0.2, 0.25) is 11.9 Å². The number of nitrogens with zero attached hydrogens (tertiary/aromatic N) is 3. The van der Waals surface area contributed by atoms with Crippen molar-refractivity contribution in [3.8, 4) is 0 Å². The van der Waals surface area contributed by atoms with Crippen LogP contribution in [-0.4, -0.2) is 37.8 Å². The molecule has 0 amide bonds. The minimum Gasteiger partial charge on any atom is -0.383 e. The summed E-state index contributed by atoms with van der Waals surface area (Å²) in [4.78, 5) is 11.0. The van der Waals surface area contributed by atoms with E-state index in [9.17, 15) is 0 Å². The maximum absolute atomic E-state index is 6.29. The molecule has 0 bridgehead atoms. The van der Waals surface area contributed by atoms with Crippen molar-refractivity contribution in [3.63, 3.8) is 0 Å². The molecule has 0 saturated heterocycles. The lowest BCUT2D eigenvalue weighted by Gasteiger charge is -2.46. The van der Waals surface area contributed by atoms with E-state index in [1.54, 1.807) is 7.11 Å². The number of para-hydroxylation sites is 2. The van der Waals surface area contributed by atoms with Gasteiger partial charge < -0.3 is 21.5 Å². The number of hydrogen-bond acceptors (Lipinski definition) is 7. The van der Waals surface area contributed by atoms with E-state index in [4.69, 9.17) is 21.2 Å². The van der Waals surface area contributed by atoms with Crippen LogP contribution < -0.4 is 21.7 Å². The number of hydrogen-bond donors (Lipinski definition) is 3. The van der Waals surface area contributed by atoms with Gasteiger partial charge in [-0.05, 0) is 37.8 Å². The lowest BCUT2D eigenvalue weighted by molar-refractivity contribution is 0.211. The molecule has 1 aromatic rings. The van der Waals surface area contributed by atoms with Crippen molar-refractivity contribution in [1.82, 2.24) is 0 Å². The molecule has 2 aliphatic rings. The van der Waals surface area contributed by atoms with Crippen molar-refractivity contribution in [1.29, 1.82) is 0 Å². The van der Waals surface area contributed by atoms with Crippen LogP contribution in [0.4, 0.5) is 11.4 Å². The van der Waals surface area contributed by atoms with E-state index in [1.165, 1.54) is 6.42 Å². The normalized spacial score (nSPS) is 19.8. The molecule has 1 spiro atoms. The first-order chi connectivity index (χ1) is 11.7. The van der Waals surface area contributed by atoms with E-state index in [2.05, 4.69) is 15.2 Å². The zero-order chi connectivity index (χ0) is 17.0. The molecule has 130 valence electrons. The number of anilines is 2.